The van der Waals surface area contributed by atoms with E-state index in [2.05, 4.69) is 5.32 Å². The van der Waals surface area contributed by atoms with E-state index < -0.39 is 5.72 Å². The molecule has 1 aromatic carbocycles. The van der Waals surface area contributed by atoms with Gasteiger partial charge in [0.25, 0.3) is 0 Å². The molecule has 1 N–H and O–H groups in total. The Morgan fingerprint density at radius 3 is 2.57 bits per heavy atom. The molecule has 0 spiro atoms. The van der Waals surface area contributed by atoms with Gasteiger partial charge in [0.2, 0.25) is 5.72 Å². The fraction of sp³-hybridized carbons (Fsp3) is 0.273. The van der Waals surface area contributed by atoms with Crippen molar-refractivity contribution in [3.63, 3.8) is 0 Å². The van der Waals surface area contributed by atoms with Crippen molar-refractivity contribution in [2.24, 2.45) is 0 Å². The third-order valence-electron chi connectivity index (χ3n) is 2.27. The summed E-state index contributed by atoms with van der Waals surface area (Å²) < 4.78 is 5.70. The highest BCUT2D eigenvalue weighted by Crippen LogP contribution is 2.30. The van der Waals surface area contributed by atoms with Gasteiger partial charge in [0, 0.05) is 11.8 Å². The number of benzene rings is 1. The molecule has 0 saturated carbocycles. The number of allylic oxidation sites excluding steroid dienone is 1. The maximum Gasteiger partial charge on any atom is 0.219 e. The third kappa shape index (κ3) is 1.46. The van der Waals surface area contributed by atoms with Gasteiger partial charge in [-0.15, -0.1) is 11.6 Å². The molecule has 0 aliphatic carbocycles. The van der Waals surface area contributed by atoms with E-state index in [1.165, 1.54) is 0 Å². The lowest BCUT2D eigenvalue weighted by molar-refractivity contribution is 0.0259. The molecule has 0 aromatic heterocycles. The van der Waals surface area contributed by atoms with E-state index in [1.807, 2.05) is 43.5 Å². The predicted molar refractivity (Wildman–Crippen MR) is 56.8 cm³/mol. The number of hydrogen-bond donors (Lipinski definition) is 1. The van der Waals surface area contributed by atoms with Gasteiger partial charge >= 0.3 is 0 Å². The molecular weight excluding hydrogens is 198 g/mol. The van der Waals surface area contributed by atoms with Gasteiger partial charge in [0.15, 0.2) is 0 Å². The molecule has 1 aliphatic rings. The molecule has 1 aromatic rings. The fourth-order valence-corrected chi connectivity index (χ4v) is 1.83. The standard InChI is InChI=1S/C11H12ClNO/c1-9-7-13-11(8-12,14-9)10-5-3-2-4-6-10/h2-7,13H,8H2,1H3. The van der Waals surface area contributed by atoms with E-state index in [1.54, 1.807) is 0 Å². The van der Waals surface area contributed by atoms with Crippen LogP contribution in [0.3, 0.4) is 0 Å². The molecule has 2 rings (SSSR count). The van der Waals surface area contributed by atoms with Crippen LogP contribution in [0.1, 0.15) is 12.5 Å². The Labute approximate surface area is 88.5 Å². The molecular formula is C11H12ClNO. The number of halogens is 1. The molecule has 0 radical (unpaired) electrons. The second kappa shape index (κ2) is 3.54. The van der Waals surface area contributed by atoms with Gasteiger partial charge < -0.3 is 10.1 Å². The summed E-state index contributed by atoms with van der Waals surface area (Å²) in [5, 5.41) is 3.17. The summed E-state index contributed by atoms with van der Waals surface area (Å²) >= 11 is 5.94. The van der Waals surface area contributed by atoms with E-state index in [0.717, 1.165) is 11.3 Å². The van der Waals surface area contributed by atoms with Crippen LogP contribution in [-0.2, 0) is 10.5 Å². The molecule has 1 aliphatic heterocycles. The second-order valence-electron chi connectivity index (χ2n) is 3.33. The lowest BCUT2D eigenvalue weighted by Gasteiger charge is -2.28. The normalized spacial score (nSPS) is 25.1. The van der Waals surface area contributed by atoms with Crippen LogP contribution in [0.2, 0.25) is 0 Å². The molecule has 0 bridgehead atoms. The lowest BCUT2D eigenvalue weighted by Crippen LogP contribution is -2.39. The highest BCUT2D eigenvalue weighted by molar-refractivity contribution is 6.18. The van der Waals surface area contributed by atoms with Crippen LogP contribution in [0.25, 0.3) is 0 Å². The summed E-state index contributed by atoms with van der Waals surface area (Å²) in [4.78, 5) is 0. The maximum absolute atomic E-state index is 5.94. The highest BCUT2D eigenvalue weighted by Gasteiger charge is 2.36. The minimum Gasteiger partial charge on any atom is -0.466 e. The first-order valence-electron chi connectivity index (χ1n) is 4.52. The summed E-state index contributed by atoms with van der Waals surface area (Å²) in [6.45, 7) is 1.91. The van der Waals surface area contributed by atoms with Gasteiger partial charge in [-0.25, -0.2) is 0 Å². The molecule has 1 atom stereocenters. The summed E-state index contributed by atoms with van der Waals surface area (Å²) in [7, 11) is 0. The molecule has 3 heteroatoms. The van der Waals surface area contributed by atoms with Crippen LogP contribution in [0.5, 0.6) is 0 Å². The number of nitrogens with one attached hydrogen (secondary N) is 1. The predicted octanol–water partition coefficient (Wildman–Crippen LogP) is 2.56. The van der Waals surface area contributed by atoms with Gasteiger partial charge in [0.1, 0.15) is 5.76 Å². The van der Waals surface area contributed by atoms with E-state index in [0.29, 0.717) is 5.88 Å². The summed E-state index contributed by atoms with van der Waals surface area (Å²) in [6.07, 6.45) is 1.84. The maximum atomic E-state index is 5.94. The quantitative estimate of drug-likeness (QED) is 0.756. The Kier molecular flexibility index (Phi) is 2.38. The topological polar surface area (TPSA) is 21.3 Å². The van der Waals surface area contributed by atoms with Crippen molar-refractivity contribution >= 4 is 11.6 Å². The van der Waals surface area contributed by atoms with Crippen LogP contribution in [0.15, 0.2) is 42.3 Å². The molecule has 74 valence electrons. The molecule has 1 unspecified atom stereocenters. The lowest BCUT2D eigenvalue weighted by atomic mass is 10.1. The molecule has 2 nitrogen and oxygen atoms in total. The zero-order chi connectivity index (χ0) is 10.0. The Morgan fingerprint density at radius 1 is 1.36 bits per heavy atom. The van der Waals surface area contributed by atoms with Crippen molar-refractivity contribution < 1.29 is 4.74 Å². The minimum absolute atomic E-state index is 0.380. The number of alkyl halides is 1. The molecule has 0 fully saturated rings. The van der Waals surface area contributed by atoms with Crippen molar-refractivity contribution in [2.45, 2.75) is 12.6 Å². The first-order chi connectivity index (χ1) is 6.77. The Bertz CT molecular complexity index is 350. The zero-order valence-electron chi connectivity index (χ0n) is 7.96. The number of rotatable bonds is 2. The van der Waals surface area contributed by atoms with Gasteiger partial charge in [0.05, 0.1) is 5.88 Å². The van der Waals surface area contributed by atoms with Crippen molar-refractivity contribution in [3.8, 4) is 0 Å². The summed E-state index contributed by atoms with van der Waals surface area (Å²) in [6, 6.07) is 9.93. The Morgan fingerprint density at radius 2 is 2.07 bits per heavy atom. The largest absolute Gasteiger partial charge is 0.466 e. The van der Waals surface area contributed by atoms with Gasteiger partial charge in [-0.2, -0.15) is 0 Å². The van der Waals surface area contributed by atoms with Crippen molar-refractivity contribution in [1.29, 1.82) is 0 Å². The second-order valence-corrected chi connectivity index (χ2v) is 3.60. The molecule has 14 heavy (non-hydrogen) atoms. The van der Waals surface area contributed by atoms with Crippen molar-refractivity contribution in [3.05, 3.63) is 47.9 Å². The van der Waals surface area contributed by atoms with E-state index in [4.69, 9.17) is 16.3 Å². The summed E-state index contributed by atoms with van der Waals surface area (Å²) in [5.74, 6) is 1.24. The van der Waals surface area contributed by atoms with Crippen molar-refractivity contribution in [1.82, 2.24) is 5.32 Å². The van der Waals surface area contributed by atoms with Crippen LogP contribution in [0, 0.1) is 0 Å². The zero-order valence-corrected chi connectivity index (χ0v) is 8.71. The highest BCUT2D eigenvalue weighted by atomic mass is 35.5. The minimum atomic E-state index is -0.576. The van der Waals surface area contributed by atoms with Crippen LogP contribution >= 0.6 is 11.6 Å². The number of ether oxygens (including phenoxy) is 1. The first-order valence-corrected chi connectivity index (χ1v) is 5.05. The van der Waals surface area contributed by atoms with Crippen molar-refractivity contribution in [2.75, 3.05) is 5.88 Å². The fourth-order valence-electron chi connectivity index (χ4n) is 1.54. The average Bonchev–Trinajstić information content (AvgIpc) is 2.63. The van der Waals surface area contributed by atoms with Gasteiger partial charge in [-0.1, -0.05) is 30.3 Å². The first kappa shape index (κ1) is 9.41. The Hall–Kier alpha value is -1.15. The van der Waals surface area contributed by atoms with E-state index >= 15 is 0 Å². The van der Waals surface area contributed by atoms with E-state index in [-0.39, 0.29) is 0 Å². The van der Waals surface area contributed by atoms with Crippen LogP contribution < -0.4 is 5.32 Å². The average molecular weight is 210 g/mol. The monoisotopic (exact) mass is 209 g/mol. The van der Waals surface area contributed by atoms with Gasteiger partial charge in [-0.3, -0.25) is 0 Å². The van der Waals surface area contributed by atoms with Crippen LogP contribution in [-0.4, -0.2) is 5.88 Å². The summed E-state index contributed by atoms with van der Waals surface area (Å²) in [5.41, 5.74) is 0.468. The molecule has 1 heterocycles. The third-order valence-corrected chi connectivity index (χ3v) is 2.65. The molecule has 0 amide bonds. The smallest absolute Gasteiger partial charge is 0.219 e. The SMILES string of the molecule is CC1=CNC(CCl)(c2ccccc2)O1. The Balaban J connectivity index is 2.32. The van der Waals surface area contributed by atoms with E-state index in [9.17, 15) is 0 Å². The number of hydrogen-bond acceptors (Lipinski definition) is 2. The van der Waals surface area contributed by atoms with Crippen LogP contribution in [0.4, 0.5) is 0 Å². The molecule has 0 saturated heterocycles. The van der Waals surface area contributed by atoms with Gasteiger partial charge in [-0.05, 0) is 6.92 Å².